The molecule has 0 unspecified atom stereocenters. The van der Waals surface area contributed by atoms with Gasteiger partial charge in [0.1, 0.15) is 0 Å². The highest BCUT2D eigenvalue weighted by molar-refractivity contribution is 5.95. The molecular formula is C12H17NO2. The molecule has 3 heteroatoms. The Labute approximate surface area is 90.1 Å². The Kier molecular flexibility index (Phi) is 3.83. The Balaban J connectivity index is 3.32. The van der Waals surface area contributed by atoms with E-state index in [1.54, 1.807) is 6.07 Å². The van der Waals surface area contributed by atoms with Crippen LogP contribution in [0.25, 0.3) is 0 Å². The van der Waals surface area contributed by atoms with Crippen LogP contribution in [0.5, 0.6) is 0 Å². The van der Waals surface area contributed by atoms with E-state index in [-0.39, 0.29) is 5.78 Å². The summed E-state index contributed by atoms with van der Waals surface area (Å²) in [6.07, 6.45) is 2.57. The van der Waals surface area contributed by atoms with Gasteiger partial charge in [0.15, 0.2) is 12.1 Å². The zero-order chi connectivity index (χ0) is 11.4. The molecule has 0 atom stereocenters. The molecule has 0 saturated heterocycles. The zero-order valence-electron chi connectivity index (χ0n) is 9.54. The van der Waals surface area contributed by atoms with Gasteiger partial charge in [-0.05, 0) is 18.9 Å². The Morgan fingerprint density at radius 2 is 2.13 bits per heavy atom. The molecule has 1 aromatic rings. The quantitative estimate of drug-likeness (QED) is 0.549. The van der Waals surface area contributed by atoms with Crippen LogP contribution in [-0.2, 0) is 13.0 Å². The van der Waals surface area contributed by atoms with Crippen molar-refractivity contribution in [3.8, 4) is 0 Å². The van der Waals surface area contributed by atoms with Gasteiger partial charge < -0.3 is 4.57 Å². The van der Waals surface area contributed by atoms with E-state index in [2.05, 4.69) is 6.92 Å². The van der Waals surface area contributed by atoms with Gasteiger partial charge in [-0.25, -0.2) is 0 Å². The highest BCUT2D eigenvalue weighted by atomic mass is 16.1. The molecule has 0 aromatic carbocycles. The summed E-state index contributed by atoms with van der Waals surface area (Å²) in [6, 6.07) is 1.70. The standard InChI is InChI=1S/C12H17NO2/c1-4-6-13-11(5-2)10(8-14)7-12(13)9(3)15/h7-8H,4-6H2,1-3H3. The first kappa shape index (κ1) is 11.7. The third-order valence-electron chi connectivity index (χ3n) is 2.51. The van der Waals surface area contributed by atoms with Crippen LogP contribution in [-0.4, -0.2) is 16.6 Å². The normalized spacial score (nSPS) is 10.3. The van der Waals surface area contributed by atoms with E-state index in [1.165, 1.54) is 6.92 Å². The minimum atomic E-state index is 0.0197. The van der Waals surface area contributed by atoms with Crippen LogP contribution in [0.15, 0.2) is 6.07 Å². The summed E-state index contributed by atoms with van der Waals surface area (Å²) in [5.74, 6) is 0.0197. The van der Waals surface area contributed by atoms with Crippen molar-refractivity contribution in [2.75, 3.05) is 0 Å². The van der Waals surface area contributed by atoms with Gasteiger partial charge in [0.05, 0.1) is 5.69 Å². The number of aldehydes is 1. The van der Waals surface area contributed by atoms with E-state index in [0.717, 1.165) is 31.4 Å². The molecule has 0 aliphatic heterocycles. The summed E-state index contributed by atoms with van der Waals surface area (Å²) in [7, 11) is 0. The molecule has 1 heterocycles. The summed E-state index contributed by atoms with van der Waals surface area (Å²) in [5.41, 5.74) is 2.27. The van der Waals surface area contributed by atoms with Crippen LogP contribution in [0.1, 0.15) is 53.7 Å². The first-order valence-electron chi connectivity index (χ1n) is 5.34. The number of ketones is 1. The fourth-order valence-corrected chi connectivity index (χ4v) is 1.88. The Morgan fingerprint density at radius 3 is 2.53 bits per heavy atom. The molecule has 1 rings (SSSR count). The van der Waals surface area contributed by atoms with Crippen molar-refractivity contribution >= 4 is 12.1 Å². The molecule has 0 N–H and O–H groups in total. The minimum Gasteiger partial charge on any atom is -0.342 e. The predicted octanol–water partition coefficient (Wildman–Crippen LogP) is 2.48. The predicted molar refractivity (Wildman–Crippen MR) is 59.5 cm³/mol. The smallest absolute Gasteiger partial charge is 0.176 e. The second kappa shape index (κ2) is 4.91. The van der Waals surface area contributed by atoms with Crippen molar-refractivity contribution in [3.63, 3.8) is 0 Å². The number of Topliss-reactive ketones (excluding diaryl/α,β-unsaturated/α-hetero) is 1. The fourth-order valence-electron chi connectivity index (χ4n) is 1.88. The summed E-state index contributed by atoms with van der Waals surface area (Å²) >= 11 is 0. The second-order valence-corrected chi connectivity index (χ2v) is 3.61. The van der Waals surface area contributed by atoms with Crippen molar-refractivity contribution in [2.45, 2.75) is 40.2 Å². The number of carbonyl (C=O) groups is 2. The molecule has 82 valence electrons. The maximum Gasteiger partial charge on any atom is 0.176 e. The van der Waals surface area contributed by atoms with Crippen LogP contribution in [0, 0.1) is 0 Å². The van der Waals surface area contributed by atoms with Gasteiger partial charge in [0, 0.05) is 24.7 Å². The van der Waals surface area contributed by atoms with Gasteiger partial charge in [-0.15, -0.1) is 0 Å². The highest BCUT2D eigenvalue weighted by Crippen LogP contribution is 2.17. The lowest BCUT2D eigenvalue weighted by molar-refractivity contribution is 0.100. The topological polar surface area (TPSA) is 39.1 Å². The lowest BCUT2D eigenvalue weighted by atomic mass is 10.2. The van der Waals surface area contributed by atoms with Crippen LogP contribution in [0.4, 0.5) is 0 Å². The molecule has 3 nitrogen and oxygen atoms in total. The lowest BCUT2D eigenvalue weighted by Crippen LogP contribution is -2.09. The highest BCUT2D eigenvalue weighted by Gasteiger charge is 2.15. The van der Waals surface area contributed by atoms with Crippen molar-refractivity contribution in [1.82, 2.24) is 4.57 Å². The van der Waals surface area contributed by atoms with E-state index in [4.69, 9.17) is 0 Å². The maximum atomic E-state index is 11.4. The minimum absolute atomic E-state index is 0.0197. The first-order valence-corrected chi connectivity index (χ1v) is 5.34. The van der Waals surface area contributed by atoms with Crippen molar-refractivity contribution < 1.29 is 9.59 Å². The molecule has 0 amide bonds. The molecule has 0 radical (unpaired) electrons. The van der Waals surface area contributed by atoms with Gasteiger partial charge in [-0.1, -0.05) is 13.8 Å². The van der Waals surface area contributed by atoms with Gasteiger partial charge in [0.25, 0.3) is 0 Å². The van der Waals surface area contributed by atoms with E-state index < -0.39 is 0 Å². The summed E-state index contributed by atoms with van der Waals surface area (Å²) in [6.45, 7) is 6.39. The van der Waals surface area contributed by atoms with E-state index in [1.807, 2.05) is 11.5 Å². The van der Waals surface area contributed by atoms with Gasteiger partial charge >= 0.3 is 0 Å². The van der Waals surface area contributed by atoms with Crippen LogP contribution in [0.3, 0.4) is 0 Å². The first-order chi connectivity index (χ1) is 7.15. The Morgan fingerprint density at radius 1 is 1.47 bits per heavy atom. The number of rotatable bonds is 5. The van der Waals surface area contributed by atoms with E-state index in [9.17, 15) is 9.59 Å². The molecule has 0 aliphatic rings. The monoisotopic (exact) mass is 207 g/mol. The number of nitrogens with zero attached hydrogens (tertiary/aromatic N) is 1. The third kappa shape index (κ3) is 2.17. The average molecular weight is 207 g/mol. The van der Waals surface area contributed by atoms with Crippen LogP contribution < -0.4 is 0 Å². The Hall–Kier alpha value is -1.38. The summed E-state index contributed by atoms with van der Waals surface area (Å²) in [5, 5.41) is 0. The molecule has 15 heavy (non-hydrogen) atoms. The van der Waals surface area contributed by atoms with Crippen molar-refractivity contribution in [3.05, 3.63) is 23.0 Å². The van der Waals surface area contributed by atoms with E-state index >= 15 is 0 Å². The molecule has 0 saturated carbocycles. The lowest BCUT2D eigenvalue weighted by Gasteiger charge is -2.09. The van der Waals surface area contributed by atoms with Gasteiger partial charge in [-0.2, -0.15) is 0 Å². The number of carbonyl (C=O) groups excluding carboxylic acids is 2. The Bertz CT molecular complexity index is 377. The van der Waals surface area contributed by atoms with Crippen molar-refractivity contribution in [1.29, 1.82) is 0 Å². The third-order valence-corrected chi connectivity index (χ3v) is 2.51. The molecule has 1 aromatic heterocycles. The van der Waals surface area contributed by atoms with Crippen LogP contribution in [0.2, 0.25) is 0 Å². The summed E-state index contributed by atoms with van der Waals surface area (Å²) in [4.78, 5) is 22.3. The molecule has 0 bridgehead atoms. The SMILES string of the molecule is CCCn1c(C(C)=O)cc(C=O)c1CC. The molecule has 0 aliphatic carbocycles. The van der Waals surface area contributed by atoms with Crippen molar-refractivity contribution in [2.24, 2.45) is 0 Å². The molecule has 0 fully saturated rings. The van der Waals surface area contributed by atoms with Crippen LogP contribution >= 0.6 is 0 Å². The number of hydrogen-bond donors (Lipinski definition) is 0. The van der Waals surface area contributed by atoms with Gasteiger partial charge in [0.2, 0.25) is 0 Å². The molecular weight excluding hydrogens is 190 g/mol. The second-order valence-electron chi connectivity index (χ2n) is 3.61. The number of hydrogen-bond acceptors (Lipinski definition) is 2. The van der Waals surface area contributed by atoms with Gasteiger partial charge in [-0.3, -0.25) is 9.59 Å². The summed E-state index contributed by atoms with van der Waals surface area (Å²) < 4.78 is 1.96. The number of aromatic nitrogens is 1. The zero-order valence-corrected chi connectivity index (χ0v) is 9.54. The largest absolute Gasteiger partial charge is 0.342 e. The fraction of sp³-hybridized carbons (Fsp3) is 0.500. The maximum absolute atomic E-state index is 11.4. The van der Waals surface area contributed by atoms with E-state index in [0.29, 0.717) is 11.3 Å². The molecule has 0 spiro atoms. The average Bonchev–Trinajstić information content (AvgIpc) is 2.56.